The van der Waals surface area contributed by atoms with Gasteiger partial charge in [-0.05, 0) is 41.6 Å². The molecule has 0 radical (unpaired) electrons. The molecule has 170 valence electrons. The number of carbonyl (C=O) groups excluding carboxylic acids is 3. The standard InChI is InChI=1S/C23H21N3O6S/c1-33-15-5-3-14(4-6-15)21-20-16(11-30-22(20)28)26(23(29)25-21)10-19(27)24-9-13-2-7-17-18(8-13)32-12-31-17/h2-8,21H,9-12H2,1H3,(H,24,27)(H,25,29)/t21-/m1/s1. The van der Waals surface area contributed by atoms with Gasteiger partial charge in [0.2, 0.25) is 12.7 Å². The van der Waals surface area contributed by atoms with E-state index in [2.05, 4.69) is 10.6 Å². The Balaban J connectivity index is 1.30. The van der Waals surface area contributed by atoms with E-state index in [4.69, 9.17) is 14.2 Å². The third-order valence-electron chi connectivity index (χ3n) is 5.68. The van der Waals surface area contributed by atoms with Gasteiger partial charge in [-0.2, -0.15) is 0 Å². The molecule has 0 bridgehead atoms. The molecule has 0 spiro atoms. The molecule has 3 aliphatic rings. The number of thioether (sulfide) groups is 1. The van der Waals surface area contributed by atoms with Gasteiger partial charge in [0, 0.05) is 11.4 Å². The molecule has 2 N–H and O–H groups in total. The van der Waals surface area contributed by atoms with E-state index in [1.807, 2.05) is 36.6 Å². The monoisotopic (exact) mass is 467 g/mol. The molecule has 0 aromatic heterocycles. The maximum atomic E-state index is 12.9. The van der Waals surface area contributed by atoms with Crippen LogP contribution in [-0.4, -0.2) is 49.0 Å². The Morgan fingerprint density at radius 2 is 1.91 bits per heavy atom. The molecule has 0 saturated carbocycles. The molecule has 1 atom stereocenters. The number of nitrogens with zero attached hydrogens (tertiary/aromatic N) is 1. The predicted molar refractivity (Wildman–Crippen MR) is 119 cm³/mol. The Labute approximate surface area is 194 Å². The number of nitrogens with one attached hydrogen (secondary N) is 2. The lowest BCUT2D eigenvalue weighted by molar-refractivity contribution is -0.136. The Kier molecular flexibility index (Phi) is 5.59. The summed E-state index contributed by atoms with van der Waals surface area (Å²) >= 11 is 1.60. The fourth-order valence-electron chi connectivity index (χ4n) is 3.98. The summed E-state index contributed by atoms with van der Waals surface area (Å²) in [5, 5.41) is 5.64. The van der Waals surface area contributed by atoms with Crippen molar-refractivity contribution in [2.24, 2.45) is 0 Å². The third kappa shape index (κ3) is 4.09. The van der Waals surface area contributed by atoms with Crippen molar-refractivity contribution in [1.29, 1.82) is 0 Å². The van der Waals surface area contributed by atoms with Crippen molar-refractivity contribution in [3.05, 3.63) is 64.9 Å². The lowest BCUT2D eigenvalue weighted by Gasteiger charge is -2.32. The summed E-state index contributed by atoms with van der Waals surface area (Å²) in [6, 6.07) is 12.0. The van der Waals surface area contributed by atoms with Gasteiger partial charge in [0.1, 0.15) is 13.2 Å². The highest BCUT2D eigenvalue weighted by atomic mass is 32.2. The van der Waals surface area contributed by atoms with Gasteiger partial charge in [0.25, 0.3) is 0 Å². The molecule has 5 rings (SSSR count). The third-order valence-corrected chi connectivity index (χ3v) is 6.42. The van der Waals surface area contributed by atoms with Crippen LogP contribution in [-0.2, 0) is 20.9 Å². The molecule has 3 aliphatic heterocycles. The average Bonchev–Trinajstić information content (AvgIpc) is 3.46. The van der Waals surface area contributed by atoms with Gasteiger partial charge in [-0.1, -0.05) is 18.2 Å². The van der Waals surface area contributed by atoms with Crippen LogP contribution in [0.15, 0.2) is 58.6 Å². The van der Waals surface area contributed by atoms with Gasteiger partial charge in [0.05, 0.1) is 17.3 Å². The maximum Gasteiger partial charge on any atom is 0.338 e. The summed E-state index contributed by atoms with van der Waals surface area (Å²) in [5.41, 5.74) is 2.39. The molecule has 0 unspecified atom stereocenters. The Bertz CT molecular complexity index is 1160. The first-order valence-electron chi connectivity index (χ1n) is 10.3. The normalized spacial score (nSPS) is 18.7. The average molecular weight is 468 g/mol. The smallest absolute Gasteiger partial charge is 0.338 e. The minimum absolute atomic E-state index is 0.0452. The maximum absolute atomic E-state index is 12.9. The molecule has 33 heavy (non-hydrogen) atoms. The molecule has 2 aromatic rings. The lowest BCUT2D eigenvalue weighted by Crippen LogP contribution is -2.50. The highest BCUT2D eigenvalue weighted by Crippen LogP contribution is 2.35. The Morgan fingerprint density at radius 3 is 2.70 bits per heavy atom. The molecular weight excluding hydrogens is 446 g/mol. The van der Waals surface area contributed by atoms with E-state index in [0.29, 0.717) is 22.8 Å². The van der Waals surface area contributed by atoms with Gasteiger partial charge in [-0.3, -0.25) is 9.69 Å². The molecule has 0 saturated heterocycles. The number of rotatable bonds is 6. The quantitative estimate of drug-likeness (QED) is 0.496. The van der Waals surface area contributed by atoms with E-state index >= 15 is 0 Å². The van der Waals surface area contributed by atoms with Crippen LogP contribution in [0.25, 0.3) is 0 Å². The molecule has 10 heteroatoms. The number of fused-ring (bicyclic) bond motifs is 1. The topological polar surface area (TPSA) is 106 Å². The molecular formula is C23H21N3O6S. The molecule has 3 amide bonds. The van der Waals surface area contributed by atoms with Crippen molar-refractivity contribution in [2.75, 3.05) is 26.2 Å². The second-order valence-corrected chi connectivity index (χ2v) is 8.52. The minimum atomic E-state index is -0.619. The number of hydrogen-bond acceptors (Lipinski definition) is 7. The minimum Gasteiger partial charge on any atom is -0.456 e. The van der Waals surface area contributed by atoms with Crippen molar-refractivity contribution in [1.82, 2.24) is 15.5 Å². The van der Waals surface area contributed by atoms with E-state index in [1.54, 1.807) is 23.9 Å². The second kappa shape index (κ2) is 8.70. The van der Waals surface area contributed by atoms with E-state index in [0.717, 1.165) is 16.0 Å². The first-order valence-corrected chi connectivity index (χ1v) is 11.5. The Hall–Kier alpha value is -3.66. The first kappa shape index (κ1) is 21.2. The highest BCUT2D eigenvalue weighted by Gasteiger charge is 2.42. The number of esters is 1. The van der Waals surface area contributed by atoms with Gasteiger partial charge in [0.15, 0.2) is 11.5 Å². The van der Waals surface area contributed by atoms with Gasteiger partial charge >= 0.3 is 12.0 Å². The lowest BCUT2D eigenvalue weighted by atomic mass is 9.96. The number of amides is 3. The largest absolute Gasteiger partial charge is 0.456 e. The van der Waals surface area contributed by atoms with Crippen LogP contribution in [0, 0.1) is 0 Å². The van der Waals surface area contributed by atoms with E-state index in [9.17, 15) is 14.4 Å². The summed E-state index contributed by atoms with van der Waals surface area (Å²) in [4.78, 5) is 40.3. The zero-order valence-electron chi connectivity index (χ0n) is 17.8. The molecule has 0 aliphatic carbocycles. The summed E-state index contributed by atoms with van der Waals surface area (Å²) in [6.45, 7) is 0.160. The second-order valence-electron chi connectivity index (χ2n) is 7.64. The molecule has 0 fully saturated rings. The van der Waals surface area contributed by atoms with Gasteiger partial charge in [-0.25, -0.2) is 9.59 Å². The number of benzene rings is 2. The fraction of sp³-hybridized carbons (Fsp3) is 0.261. The summed E-state index contributed by atoms with van der Waals surface area (Å²) in [6.07, 6.45) is 1.97. The van der Waals surface area contributed by atoms with Crippen molar-refractivity contribution < 1.29 is 28.6 Å². The first-order chi connectivity index (χ1) is 16.0. The molecule has 3 heterocycles. The summed E-state index contributed by atoms with van der Waals surface area (Å²) in [7, 11) is 0. The van der Waals surface area contributed by atoms with Crippen LogP contribution in [0.1, 0.15) is 17.2 Å². The van der Waals surface area contributed by atoms with Crippen molar-refractivity contribution in [3.63, 3.8) is 0 Å². The number of hydrogen-bond donors (Lipinski definition) is 2. The zero-order valence-corrected chi connectivity index (χ0v) is 18.6. The van der Waals surface area contributed by atoms with Crippen LogP contribution in [0.4, 0.5) is 4.79 Å². The van der Waals surface area contributed by atoms with E-state index in [1.165, 1.54) is 4.90 Å². The summed E-state index contributed by atoms with van der Waals surface area (Å²) in [5.74, 6) is 0.440. The Morgan fingerprint density at radius 1 is 1.12 bits per heavy atom. The predicted octanol–water partition coefficient (Wildman–Crippen LogP) is 2.33. The number of urea groups is 1. The summed E-state index contributed by atoms with van der Waals surface area (Å²) < 4.78 is 15.9. The van der Waals surface area contributed by atoms with Crippen LogP contribution >= 0.6 is 11.8 Å². The fourth-order valence-corrected chi connectivity index (χ4v) is 4.38. The molecule has 2 aromatic carbocycles. The number of ether oxygens (including phenoxy) is 3. The van der Waals surface area contributed by atoms with Crippen molar-refractivity contribution in [2.45, 2.75) is 17.5 Å². The van der Waals surface area contributed by atoms with Gasteiger partial charge in [-0.15, -0.1) is 11.8 Å². The van der Waals surface area contributed by atoms with Crippen LogP contribution in [0.3, 0.4) is 0 Å². The molecule has 9 nitrogen and oxygen atoms in total. The van der Waals surface area contributed by atoms with E-state index in [-0.39, 0.29) is 32.4 Å². The highest BCUT2D eigenvalue weighted by molar-refractivity contribution is 7.98. The van der Waals surface area contributed by atoms with Crippen LogP contribution in [0.5, 0.6) is 11.5 Å². The van der Waals surface area contributed by atoms with Crippen LogP contribution < -0.4 is 20.1 Å². The SMILES string of the molecule is CSc1ccc([C@H]2NC(=O)N(CC(=O)NCc3ccc4c(c3)OCO4)C3=C2C(=O)OC3)cc1. The van der Waals surface area contributed by atoms with Gasteiger partial charge < -0.3 is 24.8 Å². The van der Waals surface area contributed by atoms with Crippen molar-refractivity contribution >= 4 is 29.7 Å². The zero-order chi connectivity index (χ0) is 22.9. The van der Waals surface area contributed by atoms with E-state index < -0.39 is 18.0 Å². The number of carbonyl (C=O) groups is 3. The number of cyclic esters (lactones) is 1. The van der Waals surface area contributed by atoms with Crippen molar-refractivity contribution in [3.8, 4) is 11.5 Å². The van der Waals surface area contributed by atoms with Crippen LogP contribution in [0.2, 0.25) is 0 Å².